The maximum Gasteiger partial charge on any atom is 0.227 e. The Morgan fingerprint density at radius 1 is 1.37 bits per heavy atom. The van der Waals surface area contributed by atoms with Crippen LogP contribution in [-0.4, -0.2) is 51.7 Å². The number of ether oxygens (including phenoxy) is 1. The largest absolute Gasteiger partial charge is 0.384 e. The van der Waals surface area contributed by atoms with Crippen molar-refractivity contribution < 1.29 is 14.3 Å². The molecule has 3 rings (SSSR count). The number of anilines is 1. The monoisotopic (exact) mass is 415 g/mol. The molecule has 2 fully saturated rings. The number of hydrogen-bond donors (Lipinski definition) is 2. The lowest BCUT2D eigenvalue weighted by atomic mass is 9.79. The number of halogens is 2. The fraction of sp³-hybridized carbons (Fsp3) is 0.579. The molecule has 1 unspecified atom stereocenters. The van der Waals surface area contributed by atoms with Gasteiger partial charge in [0.05, 0.1) is 23.2 Å². The quantitative estimate of drug-likeness (QED) is 0.747. The van der Waals surface area contributed by atoms with E-state index in [2.05, 4.69) is 10.6 Å². The normalized spacial score (nSPS) is 21.6. The number of nitrogens with zero attached hydrogens (tertiary/aromatic N) is 1. The van der Waals surface area contributed by atoms with Crippen LogP contribution in [0.2, 0.25) is 5.02 Å². The molecule has 2 amide bonds. The molecule has 0 spiro atoms. The summed E-state index contributed by atoms with van der Waals surface area (Å²) in [6.45, 7) is 3.44. The Bertz CT molecular complexity index is 660. The van der Waals surface area contributed by atoms with Gasteiger partial charge in [0.1, 0.15) is 0 Å². The number of rotatable bonds is 6. The standard InChI is InChI=1S/C19H26ClN3O3.ClH/c1-26-13-19(6-8-21-9-7-19)12-22-18(25)14-10-17(24)23(11-14)16-5-3-2-4-15(16)20;/h2-5,14,21H,6-13H2,1H3,(H,22,25);1H. The van der Waals surface area contributed by atoms with Gasteiger partial charge in [-0.05, 0) is 38.1 Å². The fourth-order valence-corrected chi connectivity index (χ4v) is 4.08. The summed E-state index contributed by atoms with van der Waals surface area (Å²) in [5.41, 5.74) is 0.643. The van der Waals surface area contributed by atoms with Gasteiger partial charge in [-0.15, -0.1) is 12.4 Å². The van der Waals surface area contributed by atoms with Gasteiger partial charge in [-0.2, -0.15) is 0 Å². The second-order valence-electron chi connectivity index (χ2n) is 7.26. The maximum atomic E-state index is 12.7. The molecule has 0 bridgehead atoms. The van der Waals surface area contributed by atoms with Crippen molar-refractivity contribution in [1.82, 2.24) is 10.6 Å². The SMILES string of the molecule is COCC1(CNC(=O)C2CC(=O)N(c3ccccc3Cl)C2)CCNCC1.Cl. The topological polar surface area (TPSA) is 70.7 Å². The zero-order valence-corrected chi connectivity index (χ0v) is 17.1. The highest BCUT2D eigenvalue weighted by Crippen LogP contribution is 2.32. The zero-order valence-electron chi connectivity index (χ0n) is 15.5. The van der Waals surface area contributed by atoms with Gasteiger partial charge in [-0.25, -0.2) is 0 Å². The van der Waals surface area contributed by atoms with Gasteiger partial charge in [0.15, 0.2) is 0 Å². The number of nitrogens with one attached hydrogen (secondary N) is 2. The molecule has 0 aromatic heterocycles. The lowest BCUT2D eigenvalue weighted by Crippen LogP contribution is -2.48. The first-order chi connectivity index (χ1) is 12.5. The van der Waals surface area contributed by atoms with Gasteiger partial charge in [0.25, 0.3) is 0 Å². The molecule has 27 heavy (non-hydrogen) atoms. The highest BCUT2D eigenvalue weighted by Gasteiger charge is 2.38. The highest BCUT2D eigenvalue weighted by atomic mass is 35.5. The van der Waals surface area contributed by atoms with Gasteiger partial charge >= 0.3 is 0 Å². The summed E-state index contributed by atoms with van der Waals surface area (Å²) in [6.07, 6.45) is 2.16. The average Bonchev–Trinajstić information content (AvgIpc) is 3.03. The van der Waals surface area contributed by atoms with Gasteiger partial charge in [-0.1, -0.05) is 23.7 Å². The first kappa shape index (κ1) is 22.0. The van der Waals surface area contributed by atoms with Crippen LogP contribution in [0, 0.1) is 11.3 Å². The molecule has 2 saturated heterocycles. The van der Waals surface area contributed by atoms with Gasteiger partial charge < -0.3 is 20.3 Å². The van der Waals surface area contributed by atoms with Crippen molar-refractivity contribution in [3.63, 3.8) is 0 Å². The Hall–Kier alpha value is -1.34. The molecule has 8 heteroatoms. The lowest BCUT2D eigenvalue weighted by molar-refractivity contribution is -0.127. The van der Waals surface area contributed by atoms with Crippen molar-refractivity contribution in [3.05, 3.63) is 29.3 Å². The predicted octanol–water partition coefficient (Wildman–Crippen LogP) is 2.25. The van der Waals surface area contributed by atoms with Crippen molar-refractivity contribution in [2.24, 2.45) is 11.3 Å². The second-order valence-corrected chi connectivity index (χ2v) is 7.66. The molecule has 2 aliphatic heterocycles. The summed E-state index contributed by atoms with van der Waals surface area (Å²) in [6, 6.07) is 7.23. The Balaban J connectivity index is 0.00000261. The number of carbonyl (C=O) groups is 2. The van der Waals surface area contributed by atoms with Crippen LogP contribution in [0.1, 0.15) is 19.3 Å². The van der Waals surface area contributed by atoms with Crippen LogP contribution < -0.4 is 15.5 Å². The number of para-hydroxylation sites is 1. The first-order valence-electron chi connectivity index (χ1n) is 9.07. The minimum atomic E-state index is -0.347. The van der Waals surface area contributed by atoms with Crippen LogP contribution >= 0.6 is 24.0 Å². The Kier molecular flexibility index (Phi) is 7.91. The molecule has 6 nitrogen and oxygen atoms in total. The second kappa shape index (κ2) is 9.73. The summed E-state index contributed by atoms with van der Waals surface area (Å²) < 4.78 is 5.39. The van der Waals surface area contributed by atoms with E-state index in [1.165, 1.54) is 0 Å². The van der Waals surface area contributed by atoms with E-state index in [4.69, 9.17) is 16.3 Å². The maximum absolute atomic E-state index is 12.7. The van der Waals surface area contributed by atoms with E-state index < -0.39 is 0 Å². The summed E-state index contributed by atoms with van der Waals surface area (Å²) in [4.78, 5) is 26.6. The van der Waals surface area contributed by atoms with Gasteiger partial charge in [-0.3, -0.25) is 9.59 Å². The van der Waals surface area contributed by atoms with E-state index in [0.29, 0.717) is 30.4 Å². The van der Waals surface area contributed by atoms with Crippen LogP contribution in [0.5, 0.6) is 0 Å². The van der Waals surface area contributed by atoms with Gasteiger partial charge in [0, 0.05) is 32.0 Å². The number of amides is 2. The van der Waals surface area contributed by atoms with E-state index in [1.807, 2.05) is 18.2 Å². The van der Waals surface area contributed by atoms with Crippen molar-refractivity contribution >= 4 is 41.5 Å². The third-order valence-corrected chi connectivity index (χ3v) is 5.71. The Morgan fingerprint density at radius 3 is 2.74 bits per heavy atom. The molecule has 0 saturated carbocycles. The first-order valence-corrected chi connectivity index (χ1v) is 9.45. The molecule has 1 atom stereocenters. The number of carbonyl (C=O) groups excluding carboxylic acids is 2. The molecule has 0 aliphatic carbocycles. The smallest absolute Gasteiger partial charge is 0.227 e. The Labute approximate surface area is 171 Å². The van der Waals surface area contributed by atoms with Crippen LogP contribution in [0.3, 0.4) is 0 Å². The molecule has 0 radical (unpaired) electrons. The number of hydrogen-bond acceptors (Lipinski definition) is 4. The Morgan fingerprint density at radius 2 is 2.07 bits per heavy atom. The zero-order chi connectivity index (χ0) is 18.6. The molecular formula is C19H27Cl2N3O3. The van der Waals surface area contributed by atoms with E-state index in [-0.39, 0.29) is 42.0 Å². The van der Waals surface area contributed by atoms with E-state index in [9.17, 15) is 9.59 Å². The third-order valence-electron chi connectivity index (χ3n) is 5.39. The molecule has 2 aliphatic rings. The summed E-state index contributed by atoms with van der Waals surface area (Å²) in [5, 5.41) is 6.94. The highest BCUT2D eigenvalue weighted by molar-refractivity contribution is 6.33. The van der Waals surface area contributed by atoms with Crippen LogP contribution in [0.25, 0.3) is 0 Å². The van der Waals surface area contributed by atoms with E-state index in [1.54, 1.807) is 18.1 Å². The summed E-state index contributed by atoms with van der Waals surface area (Å²) >= 11 is 6.20. The number of methoxy groups -OCH3 is 1. The van der Waals surface area contributed by atoms with Crippen LogP contribution in [0.15, 0.2) is 24.3 Å². The van der Waals surface area contributed by atoms with Crippen molar-refractivity contribution in [2.75, 3.05) is 44.8 Å². The molecule has 1 aromatic carbocycles. The average molecular weight is 416 g/mol. The predicted molar refractivity (Wildman–Crippen MR) is 109 cm³/mol. The number of piperidine rings is 1. The molecular weight excluding hydrogens is 389 g/mol. The minimum absolute atomic E-state index is 0. The molecule has 150 valence electrons. The molecule has 2 N–H and O–H groups in total. The van der Waals surface area contributed by atoms with Crippen molar-refractivity contribution in [1.29, 1.82) is 0 Å². The third kappa shape index (κ3) is 5.13. The van der Waals surface area contributed by atoms with Gasteiger partial charge in [0.2, 0.25) is 11.8 Å². The van der Waals surface area contributed by atoms with E-state index >= 15 is 0 Å². The minimum Gasteiger partial charge on any atom is -0.384 e. The fourth-order valence-electron chi connectivity index (χ4n) is 3.84. The van der Waals surface area contributed by atoms with E-state index in [0.717, 1.165) is 25.9 Å². The van der Waals surface area contributed by atoms with Crippen LogP contribution in [-0.2, 0) is 14.3 Å². The summed E-state index contributed by atoms with van der Waals surface area (Å²) in [7, 11) is 1.70. The molecule has 2 heterocycles. The summed E-state index contributed by atoms with van der Waals surface area (Å²) in [5.74, 6) is -0.478. The molecule has 1 aromatic rings. The lowest BCUT2D eigenvalue weighted by Gasteiger charge is -2.37. The van der Waals surface area contributed by atoms with Crippen LogP contribution in [0.4, 0.5) is 5.69 Å². The van der Waals surface area contributed by atoms with Crippen molar-refractivity contribution in [3.8, 4) is 0 Å². The number of benzene rings is 1. The van der Waals surface area contributed by atoms with Crippen molar-refractivity contribution in [2.45, 2.75) is 19.3 Å².